The Kier molecular flexibility index (Phi) is 4.75. The van der Waals surface area contributed by atoms with Gasteiger partial charge in [0, 0.05) is 22.5 Å². The topological polar surface area (TPSA) is 12.0 Å². The van der Waals surface area contributed by atoms with E-state index in [9.17, 15) is 0 Å². The lowest BCUT2D eigenvalue weighted by molar-refractivity contribution is 1.23. The third kappa shape index (κ3) is 3.65. The molecule has 2 aromatic rings. The van der Waals surface area contributed by atoms with Gasteiger partial charge in [-0.05, 0) is 40.8 Å². The van der Waals surface area contributed by atoms with Gasteiger partial charge in [-0.15, -0.1) is 0 Å². The summed E-state index contributed by atoms with van der Waals surface area (Å²) < 4.78 is 1.13. The van der Waals surface area contributed by atoms with Gasteiger partial charge in [-0.25, -0.2) is 0 Å². The van der Waals surface area contributed by atoms with E-state index in [4.69, 9.17) is 0 Å². The van der Waals surface area contributed by atoms with Crippen LogP contribution in [-0.4, -0.2) is 18.1 Å². The van der Waals surface area contributed by atoms with Crippen LogP contribution in [0.5, 0.6) is 0 Å². The number of halogens is 1. The van der Waals surface area contributed by atoms with E-state index >= 15 is 0 Å². The number of fused-ring (bicyclic) bond motifs is 1. The molecule has 0 amide bonds. The summed E-state index contributed by atoms with van der Waals surface area (Å²) >= 11 is 5.46. The fourth-order valence-electron chi connectivity index (χ4n) is 1.74. The van der Waals surface area contributed by atoms with Gasteiger partial charge in [0.25, 0.3) is 0 Å². The fraction of sp³-hybridized carbons (Fsp3) is 0.286. The highest BCUT2D eigenvalue weighted by molar-refractivity contribution is 9.10. The van der Waals surface area contributed by atoms with Gasteiger partial charge in [-0.2, -0.15) is 11.8 Å². The maximum Gasteiger partial charge on any atom is 0.0346 e. The summed E-state index contributed by atoms with van der Waals surface area (Å²) in [5.41, 5.74) is 1.21. The number of hydrogen-bond donors (Lipinski definition) is 1. The number of nitrogens with one attached hydrogen (secondary N) is 1. The molecule has 1 N–H and O–H groups in total. The molecule has 0 bridgehead atoms. The predicted octanol–water partition coefficient (Wildman–Crippen LogP) is 4.77. The van der Waals surface area contributed by atoms with Crippen LogP contribution in [-0.2, 0) is 0 Å². The van der Waals surface area contributed by atoms with Crippen LogP contribution in [0.3, 0.4) is 0 Å². The highest BCUT2D eigenvalue weighted by Crippen LogP contribution is 2.22. The van der Waals surface area contributed by atoms with E-state index in [-0.39, 0.29) is 0 Å². The first-order valence-electron chi connectivity index (χ1n) is 5.80. The van der Waals surface area contributed by atoms with E-state index in [1.54, 1.807) is 0 Å². The molecule has 1 nitrogen and oxygen atoms in total. The van der Waals surface area contributed by atoms with Crippen molar-refractivity contribution in [1.29, 1.82) is 0 Å². The van der Waals surface area contributed by atoms with Gasteiger partial charge in [0.1, 0.15) is 0 Å². The van der Waals surface area contributed by atoms with Gasteiger partial charge in [-0.3, -0.25) is 0 Å². The lowest BCUT2D eigenvalue weighted by Crippen LogP contribution is -2.03. The van der Waals surface area contributed by atoms with Crippen molar-refractivity contribution in [3.63, 3.8) is 0 Å². The summed E-state index contributed by atoms with van der Waals surface area (Å²) in [4.78, 5) is 0. The van der Waals surface area contributed by atoms with Crippen molar-refractivity contribution in [1.82, 2.24) is 0 Å². The Morgan fingerprint density at radius 1 is 1.12 bits per heavy atom. The van der Waals surface area contributed by atoms with Crippen LogP contribution in [0, 0.1) is 0 Å². The highest BCUT2D eigenvalue weighted by Gasteiger charge is 1.97. The number of hydrogen-bond acceptors (Lipinski definition) is 2. The van der Waals surface area contributed by atoms with Gasteiger partial charge >= 0.3 is 0 Å². The SMILES string of the molecule is CCSCCNc1ccc2cc(Br)ccc2c1. The molecule has 17 heavy (non-hydrogen) atoms. The molecule has 0 saturated carbocycles. The fourth-order valence-corrected chi connectivity index (χ4v) is 2.65. The Morgan fingerprint density at radius 2 is 1.88 bits per heavy atom. The molecule has 0 heterocycles. The number of thioether (sulfide) groups is 1. The summed E-state index contributed by atoms with van der Waals surface area (Å²) in [7, 11) is 0. The van der Waals surface area contributed by atoms with Crippen LogP contribution >= 0.6 is 27.7 Å². The Labute approximate surface area is 115 Å². The highest BCUT2D eigenvalue weighted by atomic mass is 79.9. The van der Waals surface area contributed by atoms with Crippen molar-refractivity contribution in [2.75, 3.05) is 23.4 Å². The van der Waals surface area contributed by atoms with E-state index in [0.717, 1.165) is 16.8 Å². The molecule has 0 aliphatic carbocycles. The third-order valence-corrected chi connectivity index (χ3v) is 3.98. The van der Waals surface area contributed by atoms with Crippen molar-refractivity contribution in [3.05, 3.63) is 40.9 Å². The van der Waals surface area contributed by atoms with Gasteiger partial charge in [0.15, 0.2) is 0 Å². The first-order valence-corrected chi connectivity index (χ1v) is 7.75. The average molecular weight is 310 g/mol. The molecule has 0 unspecified atom stereocenters. The lowest BCUT2D eigenvalue weighted by Gasteiger charge is -2.07. The van der Waals surface area contributed by atoms with Crippen LogP contribution in [0.4, 0.5) is 5.69 Å². The van der Waals surface area contributed by atoms with Crippen LogP contribution < -0.4 is 5.32 Å². The molecule has 0 atom stereocenters. The van der Waals surface area contributed by atoms with Crippen LogP contribution in [0.1, 0.15) is 6.92 Å². The Bertz CT molecular complexity index is 499. The van der Waals surface area contributed by atoms with Crippen molar-refractivity contribution in [2.24, 2.45) is 0 Å². The molecule has 0 radical (unpaired) electrons. The summed E-state index contributed by atoms with van der Waals surface area (Å²) in [5.74, 6) is 2.35. The second-order valence-corrected chi connectivity index (χ2v) is 6.14. The lowest BCUT2D eigenvalue weighted by atomic mass is 10.1. The largest absolute Gasteiger partial charge is 0.384 e. The molecule has 2 rings (SSSR count). The minimum Gasteiger partial charge on any atom is -0.384 e. The molecular weight excluding hydrogens is 294 g/mol. The van der Waals surface area contributed by atoms with Crippen LogP contribution in [0.25, 0.3) is 10.8 Å². The van der Waals surface area contributed by atoms with Gasteiger partial charge < -0.3 is 5.32 Å². The van der Waals surface area contributed by atoms with Gasteiger partial charge in [-0.1, -0.05) is 35.0 Å². The molecule has 0 spiro atoms. The van der Waals surface area contributed by atoms with Crippen molar-refractivity contribution in [3.8, 4) is 0 Å². The molecule has 0 saturated heterocycles. The summed E-state index contributed by atoms with van der Waals surface area (Å²) in [5, 5.41) is 6.00. The normalized spacial score (nSPS) is 10.7. The van der Waals surface area contributed by atoms with Crippen molar-refractivity contribution in [2.45, 2.75) is 6.92 Å². The molecule has 0 aromatic heterocycles. The number of rotatable bonds is 5. The standard InChI is InChI=1S/C14H16BrNS/c1-2-17-8-7-16-14-6-4-11-9-13(15)5-3-12(11)10-14/h3-6,9-10,16H,2,7-8H2,1H3. The van der Waals surface area contributed by atoms with E-state index in [1.165, 1.54) is 22.2 Å². The van der Waals surface area contributed by atoms with Gasteiger partial charge in [0.05, 0.1) is 0 Å². The van der Waals surface area contributed by atoms with E-state index in [2.05, 4.69) is 64.6 Å². The molecule has 0 aliphatic rings. The summed E-state index contributed by atoms with van der Waals surface area (Å²) in [6.07, 6.45) is 0. The Hall–Kier alpha value is -0.670. The first kappa shape index (κ1) is 12.8. The zero-order valence-electron chi connectivity index (χ0n) is 9.87. The second kappa shape index (κ2) is 6.31. The zero-order chi connectivity index (χ0) is 12.1. The molecular formula is C14H16BrNS. The third-order valence-electron chi connectivity index (χ3n) is 2.58. The zero-order valence-corrected chi connectivity index (χ0v) is 12.3. The average Bonchev–Trinajstić information content (AvgIpc) is 2.35. The smallest absolute Gasteiger partial charge is 0.0346 e. The minimum absolute atomic E-state index is 1.03. The monoisotopic (exact) mass is 309 g/mol. The van der Waals surface area contributed by atoms with Crippen LogP contribution in [0.2, 0.25) is 0 Å². The van der Waals surface area contributed by atoms with E-state index < -0.39 is 0 Å². The Morgan fingerprint density at radius 3 is 2.71 bits per heavy atom. The van der Waals surface area contributed by atoms with Crippen LogP contribution in [0.15, 0.2) is 40.9 Å². The molecule has 0 aliphatic heterocycles. The minimum atomic E-state index is 1.03. The van der Waals surface area contributed by atoms with E-state index in [0.29, 0.717) is 0 Å². The molecule has 3 heteroatoms. The second-order valence-electron chi connectivity index (χ2n) is 3.83. The van der Waals surface area contributed by atoms with E-state index in [1.807, 2.05) is 11.8 Å². The predicted molar refractivity (Wildman–Crippen MR) is 83.1 cm³/mol. The molecule has 0 fully saturated rings. The maximum absolute atomic E-state index is 3.49. The maximum atomic E-state index is 3.49. The Balaban J connectivity index is 2.07. The summed E-state index contributed by atoms with van der Waals surface area (Å²) in [6, 6.07) is 12.9. The molecule has 2 aromatic carbocycles. The van der Waals surface area contributed by atoms with Gasteiger partial charge in [0.2, 0.25) is 0 Å². The molecule has 90 valence electrons. The number of anilines is 1. The quantitative estimate of drug-likeness (QED) is 0.799. The summed E-state index contributed by atoms with van der Waals surface area (Å²) in [6.45, 7) is 3.22. The number of benzene rings is 2. The van der Waals surface area contributed by atoms with Crippen molar-refractivity contribution < 1.29 is 0 Å². The first-order chi connectivity index (χ1) is 8.29. The van der Waals surface area contributed by atoms with Crippen molar-refractivity contribution >= 4 is 44.2 Å².